The molecule has 6 heteroatoms. The molecule has 116 valence electrons. The van der Waals surface area contributed by atoms with E-state index >= 15 is 0 Å². The molecule has 0 spiro atoms. The quantitative estimate of drug-likeness (QED) is 0.816. The number of carbonyl (C=O) groups excluding carboxylic acids is 1. The van der Waals surface area contributed by atoms with Gasteiger partial charge < -0.3 is 9.64 Å². The number of rotatable bonds is 5. The first-order chi connectivity index (χ1) is 10.5. The average Bonchev–Trinajstić information content (AvgIpc) is 2.50. The molecule has 1 amide bonds. The van der Waals surface area contributed by atoms with Crippen LogP contribution in [0.5, 0.6) is 5.75 Å². The van der Waals surface area contributed by atoms with Crippen molar-refractivity contribution in [2.45, 2.75) is 6.54 Å². The lowest BCUT2D eigenvalue weighted by molar-refractivity contribution is -0.132. The standard InChI is InChI=1S/C16H14Cl2FNO2/c1-20(9-11-2-4-12(17)5-3-11)16(21)10-22-13-6-7-15(19)14(18)8-13/h2-8H,9-10H2,1H3. The van der Waals surface area contributed by atoms with Crippen molar-refractivity contribution in [1.82, 2.24) is 4.90 Å². The fraction of sp³-hybridized carbons (Fsp3) is 0.188. The summed E-state index contributed by atoms with van der Waals surface area (Å²) in [6.45, 7) is 0.301. The topological polar surface area (TPSA) is 29.5 Å². The summed E-state index contributed by atoms with van der Waals surface area (Å²) in [4.78, 5) is 13.5. The summed E-state index contributed by atoms with van der Waals surface area (Å²) in [5.41, 5.74) is 0.963. The maximum atomic E-state index is 13.0. The monoisotopic (exact) mass is 341 g/mol. The van der Waals surface area contributed by atoms with Gasteiger partial charge in [-0.15, -0.1) is 0 Å². The number of halogens is 3. The van der Waals surface area contributed by atoms with E-state index in [1.54, 1.807) is 19.2 Å². The van der Waals surface area contributed by atoms with Crippen LogP contribution in [-0.4, -0.2) is 24.5 Å². The molecule has 0 atom stereocenters. The van der Waals surface area contributed by atoms with Gasteiger partial charge in [0.25, 0.3) is 5.91 Å². The van der Waals surface area contributed by atoms with Crippen LogP contribution in [0, 0.1) is 5.82 Å². The van der Waals surface area contributed by atoms with E-state index in [2.05, 4.69) is 0 Å². The van der Waals surface area contributed by atoms with E-state index in [9.17, 15) is 9.18 Å². The van der Waals surface area contributed by atoms with Crippen LogP contribution < -0.4 is 4.74 Å². The van der Waals surface area contributed by atoms with Gasteiger partial charge in [0.1, 0.15) is 11.6 Å². The molecule has 22 heavy (non-hydrogen) atoms. The number of benzene rings is 2. The second-order valence-corrected chi connectivity index (χ2v) is 5.58. The number of hydrogen-bond donors (Lipinski definition) is 0. The van der Waals surface area contributed by atoms with Crippen molar-refractivity contribution in [2.24, 2.45) is 0 Å². The Labute approximate surface area is 138 Å². The number of carbonyl (C=O) groups is 1. The minimum Gasteiger partial charge on any atom is -0.484 e. The van der Waals surface area contributed by atoms with Crippen molar-refractivity contribution in [2.75, 3.05) is 13.7 Å². The lowest BCUT2D eigenvalue weighted by Crippen LogP contribution is -2.30. The molecule has 0 N–H and O–H groups in total. The molecule has 2 rings (SSSR count). The smallest absolute Gasteiger partial charge is 0.260 e. The third-order valence-electron chi connectivity index (χ3n) is 3.01. The Bertz CT molecular complexity index is 662. The van der Waals surface area contributed by atoms with Crippen LogP contribution in [0.15, 0.2) is 42.5 Å². The lowest BCUT2D eigenvalue weighted by atomic mass is 10.2. The van der Waals surface area contributed by atoms with E-state index < -0.39 is 5.82 Å². The highest BCUT2D eigenvalue weighted by Crippen LogP contribution is 2.21. The van der Waals surface area contributed by atoms with Gasteiger partial charge in [0, 0.05) is 24.7 Å². The van der Waals surface area contributed by atoms with Crippen LogP contribution in [0.2, 0.25) is 10.0 Å². The molecule has 2 aromatic carbocycles. The summed E-state index contributed by atoms with van der Waals surface area (Å²) in [7, 11) is 1.68. The van der Waals surface area contributed by atoms with E-state index in [1.165, 1.54) is 23.1 Å². The van der Waals surface area contributed by atoms with Crippen molar-refractivity contribution in [3.05, 3.63) is 63.9 Å². The second-order valence-electron chi connectivity index (χ2n) is 4.74. The molecule has 0 saturated carbocycles. The van der Waals surface area contributed by atoms with Gasteiger partial charge in [0.15, 0.2) is 6.61 Å². The van der Waals surface area contributed by atoms with Crippen LogP contribution in [-0.2, 0) is 11.3 Å². The average molecular weight is 342 g/mol. The first-order valence-corrected chi connectivity index (χ1v) is 7.27. The number of likely N-dealkylation sites (N-methyl/N-ethyl adjacent to an activating group) is 1. The van der Waals surface area contributed by atoms with Gasteiger partial charge in [0.05, 0.1) is 5.02 Å². The van der Waals surface area contributed by atoms with Crippen LogP contribution in [0.1, 0.15) is 5.56 Å². The van der Waals surface area contributed by atoms with Crippen LogP contribution in [0.25, 0.3) is 0 Å². The van der Waals surface area contributed by atoms with Crippen molar-refractivity contribution in [3.63, 3.8) is 0 Å². The highest BCUT2D eigenvalue weighted by Gasteiger charge is 2.11. The highest BCUT2D eigenvalue weighted by atomic mass is 35.5. The fourth-order valence-electron chi connectivity index (χ4n) is 1.77. The van der Waals surface area contributed by atoms with Crippen molar-refractivity contribution in [3.8, 4) is 5.75 Å². The second kappa shape index (κ2) is 7.47. The Morgan fingerprint density at radius 3 is 2.50 bits per heavy atom. The molecule has 0 aliphatic rings. The summed E-state index contributed by atoms with van der Waals surface area (Å²) in [5.74, 6) is -0.379. The minimum absolute atomic E-state index is 0.0422. The largest absolute Gasteiger partial charge is 0.484 e. The third kappa shape index (κ3) is 4.61. The summed E-state index contributed by atoms with van der Waals surface area (Å²) >= 11 is 11.5. The Balaban J connectivity index is 1.88. The minimum atomic E-state index is -0.528. The van der Waals surface area contributed by atoms with Crippen LogP contribution in [0.3, 0.4) is 0 Å². The van der Waals surface area contributed by atoms with Gasteiger partial charge in [-0.25, -0.2) is 4.39 Å². The van der Waals surface area contributed by atoms with E-state index in [1.807, 2.05) is 12.1 Å². The SMILES string of the molecule is CN(Cc1ccc(Cl)cc1)C(=O)COc1ccc(F)c(Cl)c1. The van der Waals surface area contributed by atoms with Gasteiger partial charge in [-0.3, -0.25) is 4.79 Å². The lowest BCUT2D eigenvalue weighted by Gasteiger charge is -2.17. The molecule has 0 aliphatic heterocycles. The molecule has 0 saturated heterocycles. The summed E-state index contributed by atoms with van der Waals surface area (Å²) in [6, 6.07) is 11.2. The predicted octanol–water partition coefficient (Wildman–Crippen LogP) is 4.17. The third-order valence-corrected chi connectivity index (χ3v) is 3.55. The van der Waals surface area contributed by atoms with Crippen molar-refractivity contribution in [1.29, 1.82) is 0 Å². The van der Waals surface area contributed by atoms with Gasteiger partial charge >= 0.3 is 0 Å². The fourth-order valence-corrected chi connectivity index (χ4v) is 2.07. The molecule has 0 aliphatic carbocycles. The predicted molar refractivity (Wildman–Crippen MR) is 84.8 cm³/mol. The van der Waals surface area contributed by atoms with Crippen molar-refractivity contribution < 1.29 is 13.9 Å². The number of hydrogen-bond acceptors (Lipinski definition) is 2. The molecule has 0 fully saturated rings. The molecule has 2 aromatic rings. The van der Waals surface area contributed by atoms with E-state index in [0.717, 1.165) is 5.56 Å². The van der Waals surface area contributed by atoms with Gasteiger partial charge in [-0.05, 0) is 29.8 Å². The zero-order valence-corrected chi connectivity index (χ0v) is 13.4. The molecular formula is C16H14Cl2FNO2. The maximum absolute atomic E-state index is 13.0. The molecule has 0 radical (unpaired) electrons. The molecular weight excluding hydrogens is 328 g/mol. The Morgan fingerprint density at radius 1 is 1.18 bits per heavy atom. The van der Waals surface area contributed by atoms with Gasteiger partial charge in [0.2, 0.25) is 0 Å². The van der Waals surface area contributed by atoms with E-state index in [0.29, 0.717) is 17.3 Å². The molecule has 3 nitrogen and oxygen atoms in total. The van der Waals surface area contributed by atoms with E-state index in [-0.39, 0.29) is 17.5 Å². The zero-order valence-electron chi connectivity index (χ0n) is 11.9. The molecule has 0 bridgehead atoms. The Hall–Kier alpha value is -1.78. The van der Waals surface area contributed by atoms with Gasteiger partial charge in [-0.1, -0.05) is 35.3 Å². The first kappa shape index (κ1) is 16.6. The van der Waals surface area contributed by atoms with Crippen LogP contribution >= 0.6 is 23.2 Å². The Kier molecular flexibility index (Phi) is 5.63. The number of ether oxygens (including phenoxy) is 1. The summed E-state index contributed by atoms with van der Waals surface area (Å²) in [6.07, 6.45) is 0. The first-order valence-electron chi connectivity index (χ1n) is 6.52. The van der Waals surface area contributed by atoms with E-state index in [4.69, 9.17) is 27.9 Å². The zero-order chi connectivity index (χ0) is 16.1. The molecule has 0 aromatic heterocycles. The number of nitrogens with zero attached hydrogens (tertiary/aromatic N) is 1. The molecule has 0 heterocycles. The number of amides is 1. The highest BCUT2D eigenvalue weighted by molar-refractivity contribution is 6.31. The summed E-state index contributed by atoms with van der Waals surface area (Å²) in [5, 5.41) is 0.605. The summed E-state index contributed by atoms with van der Waals surface area (Å²) < 4.78 is 18.3. The van der Waals surface area contributed by atoms with Crippen LogP contribution in [0.4, 0.5) is 4.39 Å². The molecule has 0 unspecified atom stereocenters. The van der Waals surface area contributed by atoms with Gasteiger partial charge in [-0.2, -0.15) is 0 Å². The van der Waals surface area contributed by atoms with Crippen molar-refractivity contribution >= 4 is 29.1 Å². The normalized spacial score (nSPS) is 10.4. The Morgan fingerprint density at radius 2 is 1.86 bits per heavy atom. The maximum Gasteiger partial charge on any atom is 0.260 e.